The average Bonchev–Trinajstić information content (AvgIpc) is 3.22. The first kappa shape index (κ1) is 30.9. The van der Waals surface area contributed by atoms with Gasteiger partial charge in [0.1, 0.15) is 0 Å². The molecule has 0 fully saturated rings. The van der Waals surface area contributed by atoms with E-state index >= 15 is 0 Å². The maximum absolute atomic E-state index is 2.31. The minimum atomic E-state index is 0. The molecule has 0 amide bonds. The molecule has 0 aromatic heterocycles. The Morgan fingerprint density at radius 3 is 1.33 bits per heavy atom. The van der Waals surface area contributed by atoms with E-state index in [4.69, 9.17) is 0 Å². The lowest BCUT2D eigenvalue weighted by atomic mass is 10.1. The fraction of sp³-hybridized carbons (Fsp3) is 0.818. The van der Waals surface area contributed by atoms with Crippen molar-refractivity contribution in [3.8, 4) is 0 Å². The molecule has 2 rings (SSSR count). The van der Waals surface area contributed by atoms with E-state index in [1.807, 2.05) is 41.5 Å². The largest absolute Gasteiger partial charge is 0.380 e. The molecular formula is C22H50N2. The van der Waals surface area contributed by atoms with Crippen LogP contribution >= 0.6 is 0 Å². The van der Waals surface area contributed by atoms with Crippen molar-refractivity contribution < 1.29 is 0 Å². The zero-order chi connectivity index (χ0) is 18.7. The molecular weight excluding hydrogens is 292 g/mol. The van der Waals surface area contributed by atoms with Crippen molar-refractivity contribution in [2.24, 2.45) is 11.8 Å². The summed E-state index contributed by atoms with van der Waals surface area (Å²) in [5.74, 6) is 1.65. The van der Waals surface area contributed by atoms with E-state index in [9.17, 15) is 0 Å². The quantitative estimate of drug-likeness (QED) is 0.542. The Kier molecular flexibility index (Phi) is 31.3. The van der Waals surface area contributed by atoms with Gasteiger partial charge in [0.2, 0.25) is 0 Å². The Morgan fingerprint density at radius 1 is 0.750 bits per heavy atom. The Morgan fingerprint density at radius 2 is 1.12 bits per heavy atom. The van der Waals surface area contributed by atoms with Gasteiger partial charge in [-0.1, -0.05) is 81.4 Å². The Labute approximate surface area is 156 Å². The third-order valence-electron chi connectivity index (χ3n) is 3.45. The second-order valence-electron chi connectivity index (χ2n) is 5.28. The summed E-state index contributed by atoms with van der Waals surface area (Å²) in [6, 6.07) is 0. The third-order valence-corrected chi connectivity index (χ3v) is 3.45. The highest BCUT2D eigenvalue weighted by molar-refractivity contribution is 4.96. The van der Waals surface area contributed by atoms with Crippen LogP contribution in [0.4, 0.5) is 0 Å². The van der Waals surface area contributed by atoms with Crippen LogP contribution in [0.3, 0.4) is 0 Å². The van der Waals surface area contributed by atoms with E-state index in [0.29, 0.717) is 0 Å². The molecule has 0 N–H and O–H groups in total. The molecule has 2 unspecified atom stereocenters. The molecule has 0 spiro atoms. The summed E-state index contributed by atoms with van der Waals surface area (Å²) in [6.07, 6.45) is 12.9. The number of nitrogens with zero attached hydrogens (tertiary/aromatic N) is 2. The van der Waals surface area contributed by atoms with Crippen LogP contribution in [0.1, 0.15) is 82.1 Å². The maximum atomic E-state index is 2.31. The van der Waals surface area contributed by atoms with Gasteiger partial charge in [-0.05, 0) is 37.1 Å². The first-order valence-corrected chi connectivity index (χ1v) is 9.92. The van der Waals surface area contributed by atoms with Crippen LogP contribution in [-0.4, -0.2) is 37.0 Å². The molecule has 2 aliphatic heterocycles. The van der Waals surface area contributed by atoms with E-state index in [0.717, 1.165) is 11.8 Å². The van der Waals surface area contributed by atoms with Gasteiger partial charge in [0, 0.05) is 27.2 Å². The Balaban J connectivity index is -0.000000124. The lowest BCUT2D eigenvalue weighted by Crippen LogP contribution is -2.12. The summed E-state index contributed by atoms with van der Waals surface area (Å²) in [5.41, 5.74) is 0. The zero-order valence-corrected chi connectivity index (χ0v) is 17.9. The number of hydrogen-bond donors (Lipinski definition) is 0. The van der Waals surface area contributed by atoms with Gasteiger partial charge in [-0.2, -0.15) is 0 Å². The van der Waals surface area contributed by atoms with Crippen LogP contribution < -0.4 is 0 Å². The third kappa shape index (κ3) is 17.4. The summed E-state index contributed by atoms with van der Waals surface area (Å²) in [7, 11) is 4.25. The topological polar surface area (TPSA) is 6.48 Å². The van der Waals surface area contributed by atoms with E-state index < -0.39 is 0 Å². The van der Waals surface area contributed by atoms with Gasteiger partial charge in [-0.25, -0.2) is 0 Å². The fourth-order valence-electron chi connectivity index (χ4n) is 2.34. The number of rotatable bonds is 3. The molecule has 2 heterocycles. The average molecular weight is 343 g/mol. The van der Waals surface area contributed by atoms with Crippen molar-refractivity contribution in [1.29, 1.82) is 0 Å². The zero-order valence-electron chi connectivity index (χ0n) is 17.9. The highest BCUT2D eigenvalue weighted by Crippen LogP contribution is 2.15. The lowest BCUT2D eigenvalue weighted by Gasteiger charge is -2.10. The summed E-state index contributed by atoms with van der Waals surface area (Å²) in [5, 5.41) is 0. The molecule has 0 saturated heterocycles. The van der Waals surface area contributed by atoms with Crippen molar-refractivity contribution in [2.45, 2.75) is 82.1 Å². The van der Waals surface area contributed by atoms with Gasteiger partial charge in [0.25, 0.3) is 0 Å². The SMILES string of the molecule is C.CC.CC.CC.CCC1C=CN(C)C1.CCCC1C=CN(C)C1. The van der Waals surface area contributed by atoms with Crippen molar-refractivity contribution in [2.75, 3.05) is 27.2 Å². The van der Waals surface area contributed by atoms with Crippen LogP contribution in [0.15, 0.2) is 24.6 Å². The highest BCUT2D eigenvalue weighted by Gasteiger charge is 2.10. The maximum Gasteiger partial charge on any atom is 0.0232 e. The van der Waals surface area contributed by atoms with Crippen molar-refractivity contribution in [1.82, 2.24) is 9.80 Å². The van der Waals surface area contributed by atoms with Gasteiger partial charge in [-0.3, -0.25) is 0 Å². The highest BCUT2D eigenvalue weighted by atomic mass is 15.1. The van der Waals surface area contributed by atoms with Gasteiger partial charge in [0.15, 0.2) is 0 Å². The summed E-state index contributed by atoms with van der Waals surface area (Å²) >= 11 is 0. The van der Waals surface area contributed by atoms with E-state index in [-0.39, 0.29) is 7.43 Å². The molecule has 0 aliphatic carbocycles. The van der Waals surface area contributed by atoms with Crippen LogP contribution in [0.5, 0.6) is 0 Å². The molecule has 0 aromatic carbocycles. The van der Waals surface area contributed by atoms with E-state index in [2.05, 4.69) is 62.3 Å². The minimum absolute atomic E-state index is 0. The second-order valence-corrected chi connectivity index (χ2v) is 5.28. The molecule has 2 atom stereocenters. The van der Waals surface area contributed by atoms with Crippen LogP contribution in [0.25, 0.3) is 0 Å². The van der Waals surface area contributed by atoms with E-state index in [1.54, 1.807) is 0 Å². The molecule has 0 saturated carbocycles. The first-order valence-electron chi connectivity index (χ1n) is 9.92. The molecule has 24 heavy (non-hydrogen) atoms. The smallest absolute Gasteiger partial charge is 0.0232 e. The van der Waals surface area contributed by atoms with Crippen molar-refractivity contribution >= 4 is 0 Å². The molecule has 2 nitrogen and oxygen atoms in total. The predicted molar refractivity (Wildman–Crippen MR) is 116 cm³/mol. The first-order chi connectivity index (χ1) is 11.2. The summed E-state index contributed by atoms with van der Waals surface area (Å²) in [6.45, 7) is 18.9. The molecule has 0 aromatic rings. The van der Waals surface area contributed by atoms with Gasteiger partial charge in [-0.15, -0.1) is 0 Å². The fourth-order valence-corrected chi connectivity index (χ4v) is 2.34. The lowest BCUT2D eigenvalue weighted by molar-refractivity contribution is 0.421. The Hall–Kier alpha value is -0.920. The molecule has 0 bridgehead atoms. The molecule has 0 radical (unpaired) electrons. The Bertz CT molecular complexity index is 259. The van der Waals surface area contributed by atoms with Crippen molar-refractivity contribution in [3.05, 3.63) is 24.6 Å². The van der Waals surface area contributed by atoms with Gasteiger partial charge >= 0.3 is 0 Å². The molecule has 2 aliphatic rings. The second kappa shape index (κ2) is 24.3. The minimum Gasteiger partial charge on any atom is -0.380 e. The van der Waals surface area contributed by atoms with Crippen LogP contribution in [0, 0.1) is 11.8 Å². The summed E-state index contributed by atoms with van der Waals surface area (Å²) < 4.78 is 0. The summed E-state index contributed by atoms with van der Waals surface area (Å²) in [4.78, 5) is 4.48. The number of hydrogen-bond acceptors (Lipinski definition) is 2. The normalized spacial score (nSPS) is 19.4. The van der Waals surface area contributed by atoms with Gasteiger partial charge < -0.3 is 9.80 Å². The monoisotopic (exact) mass is 342 g/mol. The van der Waals surface area contributed by atoms with E-state index in [1.165, 1.54) is 32.4 Å². The standard InChI is InChI=1S/C8H15N.C7H13N.3C2H6.CH4/c1-3-4-8-5-6-9(2)7-8;1-3-7-4-5-8(2)6-7;3*1-2;/h5-6,8H,3-4,7H2,1-2H3;4-5,7H,3,6H2,1-2H3;3*1-2H3;1H4. The van der Waals surface area contributed by atoms with Gasteiger partial charge in [0.05, 0.1) is 0 Å². The van der Waals surface area contributed by atoms with Crippen LogP contribution in [-0.2, 0) is 0 Å². The molecule has 148 valence electrons. The van der Waals surface area contributed by atoms with Crippen molar-refractivity contribution in [3.63, 3.8) is 0 Å². The molecule has 2 heteroatoms. The predicted octanol–water partition coefficient (Wildman–Crippen LogP) is 7.05. The van der Waals surface area contributed by atoms with Crippen LogP contribution in [0.2, 0.25) is 0 Å².